The van der Waals surface area contributed by atoms with Crippen LogP contribution in [0.25, 0.3) is 0 Å². The number of nitrogens with one attached hydrogen (secondary N) is 3. The summed E-state index contributed by atoms with van der Waals surface area (Å²) in [5.41, 5.74) is 2.57. The summed E-state index contributed by atoms with van der Waals surface area (Å²) in [6.07, 6.45) is 1.88. The Kier molecular flexibility index (Phi) is 4.77. The van der Waals surface area contributed by atoms with Crippen LogP contribution in [0.3, 0.4) is 0 Å². The minimum absolute atomic E-state index is 0.0152. The smallest absolute Gasteiger partial charge is 0.202 e. The molecule has 1 unspecified atom stereocenters. The van der Waals surface area contributed by atoms with Crippen LogP contribution in [0.4, 0.5) is 10.2 Å². The summed E-state index contributed by atoms with van der Waals surface area (Å²) in [5, 5.41) is 30.3. The Morgan fingerprint density at radius 3 is 2.97 bits per heavy atom. The van der Waals surface area contributed by atoms with Gasteiger partial charge in [-0.1, -0.05) is 6.07 Å². The molecule has 2 aliphatic rings. The number of anilines is 1. The van der Waals surface area contributed by atoms with E-state index in [0.717, 1.165) is 11.1 Å². The molecule has 11 nitrogen and oxygen atoms in total. The number of aliphatic imine (C=N–C) groups is 1. The molecule has 1 aliphatic heterocycles. The van der Waals surface area contributed by atoms with Crippen LogP contribution >= 0.6 is 0 Å². The molecule has 0 spiro atoms. The normalized spacial score (nSPS) is 22.8. The fourth-order valence-electron chi connectivity index (χ4n) is 3.34. The van der Waals surface area contributed by atoms with Gasteiger partial charge in [0.1, 0.15) is 21.3 Å². The van der Waals surface area contributed by atoms with Crippen molar-refractivity contribution in [1.82, 2.24) is 20.1 Å². The van der Waals surface area contributed by atoms with Gasteiger partial charge in [0.15, 0.2) is 11.5 Å². The Morgan fingerprint density at radius 1 is 1.52 bits per heavy atom. The molecule has 1 fully saturated rings. The number of aliphatic hydroxyl groups is 1. The van der Waals surface area contributed by atoms with Crippen LogP contribution in [0.5, 0.6) is 0 Å². The fourth-order valence-corrected chi connectivity index (χ4v) is 4.31. The summed E-state index contributed by atoms with van der Waals surface area (Å²) in [6.45, 7) is 0.183. The van der Waals surface area contributed by atoms with Gasteiger partial charge in [-0.05, 0) is 40.0 Å². The van der Waals surface area contributed by atoms with E-state index < -0.39 is 15.5 Å². The van der Waals surface area contributed by atoms with Gasteiger partial charge in [-0.25, -0.2) is 22.3 Å². The largest absolute Gasteiger partial charge is 0.385 e. The van der Waals surface area contributed by atoms with E-state index in [2.05, 4.69) is 20.6 Å². The molecule has 156 valence electrons. The average molecular weight is 425 g/mol. The Balaban J connectivity index is 1.46. The zero-order chi connectivity index (χ0) is 20.8. The standard InChI is InChI=1S/C16H20FN7O4S/c1-29(18,27)24-7-16(25,8-24)6-19-14-13(22-28-23-14)15(21-26)20-12-4-9-2-3-10(17)5-11(9)12/h2-3,5,12,18,25-26H,4,6-8H2,1H3,(H,19,23)(H,20,21)/t12-,29?/m0/s1. The molecule has 5 N–H and O–H groups in total. The zero-order valence-corrected chi connectivity index (χ0v) is 16.2. The van der Waals surface area contributed by atoms with Crippen LogP contribution in [0, 0.1) is 10.6 Å². The summed E-state index contributed by atoms with van der Waals surface area (Å²) >= 11 is 0. The first-order valence-corrected chi connectivity index (χ1v) is 10.7. The highest BCUT2D eigenvalue weighted by molar-refractivity contribution is 7.89. The Bertz CT molecular complexity index is 1060. The van der Waals surface area contributed by atoms with E-state index in [0.29, 0.717) is 6.42 Å². The van der Waals surface area contributed by atoms with Crippen molar-refractivity contribution >= 4 is 21.6 Å². The zero-order valence-electron chi connectivity index (χ0n) is 15.4. The summed E-state index contributed by atoms with van der Waals surface area (Å²) in [6, 6.07) is 4.14. The van der Waals surface area contributed by atoms with Crippen LogP contribution in [-0.2, 0) is 16.3 Å². The predicted molar refractivity (Wildman–Crippen MR) is 100 cm³/mol. The van der Waals surface area contributed by atoms with E-state index in [4.69, 9.17) is 9.41 Å². The minimum Gasteiger partial charge on any atom is -0.385 e. The van der Waals surface area contributed by atoms with Gasteiger partial charge in [-0.15, -0.1) is 0 Å². The SMILES string of the molecule is CS(=N)(=O)N1CC(O)(CNc2nonc2C(=N[C@H]2Cc3ccc(F)cc32)NO)C1. The second-order valence-corrected chi connectivity index (χ2v) is 9.41. The molecule has 0 radical (unpaired) electrons. The molecular weight excluding hydrogens is 405 g/mol. The quantitative estimate of drug-likeness (QED) is 0.251. The maximum Gasteiger partial charge on any atom is 0.202 e. The van der Waals surface area contributed by atoms with Crippen LogP contribution in [0.2, 0.25) is 0 Å². The highest BCUT2D eigenvalue weighted by Gasteiger charge is 2.44. The Hall–Kier alpha value is -2.61. The van der Waals surface area contributed by atoms with Crippen molar-refractivity contribution in [2.75, 3.05) is 31.2 Å². The molecule has 1 aromatic heterocycles. The van der Waals surface area contributed by atoms with Crippen molar-refractivity contribution in [2.45, 2.75) is 18.1 Å². The number of β-amino-alcohol motifs (C(OH)–C–C–N with tert-alkyl or cyclic N) is 1. The van der Waals surface area contributed by atoms with Gasteiger partial charge in [0.25, 0.3) is 0 Å². The van der Waals surface area contributed by atoms with Crippen molar-refractivity contribution in [1.29, 1.82) is 4.78 Å². The van der Waals surface area contributed by atoms with Gasteiger partial charge in [0.2, 0.25) is 5.82 Å². The molecule has 1 aliphatic carbocycles. The number of hydroxylamine groups is 1. The number of hydrogen-bond donors (Lipinski definition) is 5. The maximum absolute atomic E-state index is 13.4. The third kappa shape index (κ3) is 3.81. The fraction of sp³-hybridized carbons (Fsp3) is 0.438. The van der Waals surface area contributed by atoms with Crippen molar-refractivity contribution in [3.05, 3.63) is 40.8 Å². The molecule has 1 saturated heterocycles. The number of rotatable bonds is 6. The number of amidine groups is 1. The van der Waals surface area contributed by atoms with Crippen molar-refractivity contribution in [2.24, 2.45) is 4.99 Å². The molecular formula is C16H20FN7O4S. The van der Waals surface area contributed by atoms with Gasteiger partial charge in [-0.3, -0.25) is 15.7 Å². The lowest BCUT2D eigenvalue weighted by molar-refractivity contribution is -0.0458. The molecule has 0 amide bonds. The Labute approximate surface area is 165 Å². The summed E-state index contributed by atoms with van der Waals surface area (Å²) in [5.74, 6) is -0.239. The lowest BCUT2D eigenvalue weighted by atomic mass is 9.83. The monoisotopic (exact) mass is 425 g/mol. The first-order chi connectivity index (χ1) is 13.7. The number of fused-ring (bicyclic) bond motifs is 1. The molecule has 2 aromatic rings. The van der Waals surface area contributed by atoms with Crippen LogP contribution in [-0.4, -0.2) is 66.5 Å². The van der Waals surface area contributed by atoms with Crippen molar-refractivity contribution in [3.63, 3.8) is 0 Å². The van der Waals surface area contributed by atoms with Crippen LogP contribution < -0.4 is 10.8 Å². The number of nitrogens with zero attached hydrogens (tertiary/aromatic N) is 4. The molecule has 2 heterocycles. The van der Waals surface area contributed by atoms with Crippen molar-refractivity contribution < 1.29 is 23.5 Å². The van der Waals surface area contributed by atoms with Gasteiger partial charge >= 0.3 is 0 Å². The molecule has 1 aromatic carbocycles. The average Bonchev–Trinajstić information content (AvgIpc) is 3.08. The molecule has 13 heteroatoms. The summed E-state index contributed by atoms with van der Waals surface area (Å²) < 4.78 is 38.7. The van der Waals surface area contributed by atoms with Gasteiger partial charge in [0.05, 0.1) is 6.04 Å². The third-order valence-electron chi connectivity index (χ3n) is 5.00. The third-order valence-corrected chi connectivity index (χ3v) is 6.25. The molecule has 29 heavy (non-hydrogen) atoms. The van der Waals surface area contributed by atoms with Gasteiger partial charge < -0.3 is 10.4 Å². The number of benzene rings is 1. The Morgan fingerprint density at radius 2 is 2.28 bits per heavy atom. The lowest BCUT2D eigenvalue weighted by Gasteiger charge is -2.45. The first kappa shape index (κ1) is 19.7. The molecule has 0 saturated carbocycles. The minimum atomic E-state index is -2.86. The van der Waals surface area contributed by atoms with E-state index >= 15 is 0 Å². The van der Waals surface area contributed by atoms with Gasteiger partial charge in [0, 0.05) is 25.9 Å². The summed E-state index contributed by atoms with van der Waals surface area (Å²) in [7, 11) is -2.86. The predicted octanol–water partition coefficient (Wildman–Crippen LogP) is 0.282. The lowest BCUT2D eigenvalue weighted by Crippen LogP contribution is -2.65. The number of hydrogen-bond acceptors (Lipinski definition) is 9. The van der Waals surface area contributed by atoms with Gasteiger partial charge in [-0.2, -0.15) is 0 Å². The van der Waals surface area contributed by atoms with Crippen LogP contribution in [0.15, 0.2) is 27.8 Å². The maximum atomic E-state index is 13.4. The molecule has 0 bridgehead atoms. The molecule has 4 rings (SSSR count). The van der Waals surface area contributed by atoms with E-state index in [1.165, 1.54) is 22.7 Å². The number of aromatic nitrogens is 2. The molecule has 2 atom stereocenters. The second kappa shape index (κ2) is 7.02. The second-order valence-electron chi connectivity index (χ2n) is 7.29. The van der Waals surface area contributed by atoms with E-state index in [-0.39, 0.29) is 48.8 Å². The highest BCUT2D eigenvalue weighted by atomic mass is 32.2. The van der Waals surface area contributed by atoms with Crippen molar-refractivity contribution in [3.8, 4) is 0 Å². The number of halogens is 1. The van der Waals surface area contributed by atoms with E-state index in [9.17, 15) is 18.9 Å². The first-order valence-electron chi connectivity index (χ1n) is 8.73. The topological polar surface area (TPSA) is 160 Å². The highest BCUT2D eigenvalue weighted by Crippen LogP contribution is 2.37. The van der Waals surface area contributed by atoms with Crippen LogP contribution in [0.1, 0.15) is 22.9 Å². The van der Waals surface area contributed by atoms with E-state index in [1.54, 1.807) is 6.07 Å². The summed E-state index contributed by atoms with van der Waals surface area (Å²) in [4.78, 5) is 4.36. The van der Waals surface area contributed by atoms with E-state index in [1.807, 2.05) is 5.48 Å².